The Bertz CT molecular complexity index is 778. The first-order valence-electron chi connectivity index (χ1n) is 9.60. The molecule has 2 aliphatic heterocycles. The maximum Gasteiger partial charge on any atom is 0.181 e. The van der Waals surface area contributed by atoms with Crippen LogP contribution in [-0.4, -0.2) is 55.2 Å². The number of rotatable bonds is 6. The van der Waals surface area contributed by atoms with Gasteiger partial charge in [-0.25, -0.2) is 0 Å². The Morgan fingerprint density at radius 3 is 2.74 bits per heavy atom. The van der Waals surface area contributed by atoms with Crippen LogP contribution < -0.4 is 15.0 Å². The highest BCUT2D eigenvalue weighted by atomic mass is 32.2. The smallest absolute Gasteiger partial charge is 0.181 e. The maximum atomic E-state index is 12.0. The number of methoxy groups -OCH3 is 1. The van der Waals surface area contributed by atoms with E-state index in [9.17, 15) is 4.55 Å². The van der Waals surface area contributed by atoms with Gasteiger partial charge in [-0.05, 0) is 49.2 Å². The summed E-state index contributed by atoms with van der Waals surface area (Å²) in [6.45, 7) is 5.33. The highest BCUT2D eigenvalue weighted by molar-refractivity contribution is 7.92. The van der Waals surface area contributed by atoms with Gasteiger partial charge in [0, 0.05) is 37.4 Å². The van der Waals surface area contributed by atoms with Crippen molar-refractivity contribution < 1.29 is 9.29 Å². The zero-order valence-corrected chi connectivity index (χ0v) is 16.6. The molecule has 2 aromatic rings. The predicted molar refractivity (Wildman–Crippen MR) is 111 cm³/mol. The minimum atomic E-state index is -0.880. The molecule has 2 aliphatic rings. The Hall–Kier alpha value is -1.89. The molecule has 6 heteroatoms. The molecular weight excluding hydrogens is 358 g/mol. The van der Waals surface area contributed by atoms with Crippen molar-refractivity contribution in [3.63, 3.8) is 0 Å². The van der Waals surface area contributed by atoms with Gasteiger partial charge in [-0.1, -0.05) is 18.2 Å². The van der Waals surface area contributed by atoms with E-state index in [0.717, 1.165) is 61.9 Å². The summed E-state index contributed by atoms with van der Waals surface area (Å²) in [7, 11) is 1.74. The lowest BCUT2D eigenvalue weighted by Gasteiger charge is -2.36. The minimum Gasteiger partial charge on any atom is -0.610 e. The average Bonchev–Trinajstić information content (AvgIpc) is 3.09. The van der Waals surface area contributed by atoms with Crippen LogP contribution in [0.15, 0.2) is 47.4 Å². The lowest BCUT2D eigenvalue weighted by Crippen LogP contribution is -2.46. The largest absolute Gasteiger partial charge is 0.610 e. The normalized spacial score (nSPS) is 19.6. The van der Waals surface area contributed by atoms with Gasteiger partial charge in [0.25, 0.3) is 0 Å². The second-order valence-corrected chi connectivity index (χ2v) is 8.52. The standard InChI is InChI=1S/C21H27N3O2S/c1-26-20-7-3-2-6-19(20)24-13-11-23(12-14-24)10-4-5-17-8-9-18-21(15-17)27(25)16-22-18/h2-3,6-9,15,22H,4-5,10-14,16H2,1H3. The molecule has 2 aromatic carbocycles. The predicted octanol–water partition coefficient (Wildman–Crippen LogP) is 2.94. The molecule has 0 aromatic heterocycles. The fourth-order valence-corrected chi connectivity index (χ4v) is 5.00. The molecule has 5 nitrogen and oxygen atoms in total. The molecule has 4 rings (SSSR count). The number of nitrogens with zero attached hydrogens (tertiary/aromatic N) is 2. The van der Waals surface area contributed by atoms with Crippen molar-refractivity contribution in [2.75, 3.05) is 55.9 Å². The van der Waals surface area contributed by atoms with Crippen LogP contribution in [0.3, 0.4) is 0 Å². The zero-order valence-electron chi connectivity index (χ0n) is 15.8. The van der Waals surface area contributed by atoms with Crippen molar-refractivity contribution >= 4 is 22.6 Å². The van der Waals surface area contributed by atoms with E-state index in [1.54, 1.807) is 7.11 Å². The van der Waals surface area contributed by atoms with Crippen LogP contribution in [0.25, 0.3) is 0 Å². The van der Waals surface area contributed by atoms with Crippen LogP contribution in [-0.2, 0) is 17.6 Å². The molecule has 1 N–H and O–H groups in total. The van der Waals surface area contributed by atoms with E-state index in [1.807, 2.05) is 12.1 Å². The highest BCUT2D eigenvalue weighted by Crippen LogP contribution is 2.30. The molecule has 27 heavy (non-hydrogen) atoms. The number of aryl methyl sites for hydroxylation is 1. The molecule has 1 unspecified atom stereocenters. The number of benzene rings is 2. The number of hydrogen-bond acceptors (Lipinski definition) is 5. The Morgan fingerprint density at radius 1 is 1.11 bits per heavy atom. The lowest BCUT2D eigenvalue weighted by atomic mass is 10.1. The quantitative estimate of drug-likeness (QED) is 0.775. The molecule has 0 spiro atoms. The maximum absolute atomic E-state index is 12.0. The van der Waals surface area contributed by atoms with Gasteiger partial charge >= 0.3 is 0 Å². The SMILES string of the molecule is COc1ccccc1N1CCN(CCCc2ccc3c(c2)[S+]([O-])CN3)CC1. The Morgan fingerprint density at radius 2 is 1.93 bits per heavy atom. The molecule has 1 fully saturated rings. The van der Waals surface area contributed by atoms with Gasteiger partial charge in [0.05, 0.1) is 18.5 Å². The Labute approximate surface area is 164 Å². The fraction of sp³-hybridized carbons (Fsp3) is 0.429. The zero-order chi connectivity index (χ0) is 18.6. The molecule has 1 atom stereocenters. The number of anilines is 2. The first kappa shape index (κ1) is 18.5. The Balaban J connectivity index is 1.25. The summed E-state index contributed by atoms with van der Waals surface area (Å²) in [5, 5.41) is 3.19. The minimum absolute atomic E-state index is 0.551. The van der Waals surface area contributed by atoms with Gasteiger partial charge in [0.15, 0.2) is 10.8 Å². The number of hydrogen-bond donors (Lipinski definition) is 1. The molecule has 1 saturated heterocycles. The van der Waals surface area contributed by atoms with Crippen molar-refractivity contribution in [3.05, 3.63) is 48.0 Å². The summed E-state index contributed by atoms with van der Waals surface area (Å²) >= 11 is -0.880. The van der Waals surface area contributed by atoms with Gasteiger partial charge in [0.1, 0.15) is 5.75 Å². The third kappa shape index (κ3) is 4.18. The van der Waals surface area contributed by atoms with Crippen LogP contribution in [0.2, 0.25) is 0 Å². The summed E-state index contributed by atoms with van der Waals surface area (Å²) in [5.74, 6) is 1.50. The molecule has 2 heterocycles. The third-order valence-corrected chi connectivity index (χ3v) is 6.66. The number of nitrogens with one attached hydrogen (secondary N) is 1. The van der Waals surface area contributed by atoms with Crippen molar-refractivity contribution in [1.82, 2.24) is 4.90 Å². The van der Waals surface area contributed by atoms with Gasteiger partial charge in [0.2, 0.25) is 0 Å². The molecule has 144 valence electrons. The first-order valence-corrected chi connectivity index (χ1v) is 10.9. The molecule has 0 aliphatic carbocycles. The van der Waals surface area contributed by atoms with E-state index < -0.39 is 11.2 Å². The van der Waals surface area contributed by atoms with E-state index in [4.69, 9.17) is 4.74 Å². The van der Waals surface area contributed by atoms with E-state index >= 15 is 0 Å². The van der Waals surface area contributed by atoms with Gasteiger partial charge in [-0.2, -0.15) is 0 Å². The number of ether oxygens (including phenoxy) is 1. The fourth-order valence-electron chi connectivity index (χ4n) is 3.89. The van der Waals surface area contributed by atoms with Crippen LogP contribution in [0.1, 0.15) is 12.0 Å². The number of piperazine rings is 1. The average molecular weight is 386 g/mol. The van der Waals surface area contributed by atoms with Crippen LogP contribution in [0.5, 0.6) is 5.75 Å². The van der Waals surface area contributed by atoms with Crippen molar-refractivity contribution in [2.45, 2.75) is 17.7 Å². The van der Waals surface area contributed by atoms with Gasteiger partial charge < -0.3 is 19.5 Å². The van der Waals surface area contributed by atoms with Crippen molar-refractivity contribution in [2.24, 2.45) is 0 Å². The van der Waals surface area contributed by atoms with E-state index in [-0.39, 0.29) is 0 Å². The summed E-state index contributed by atoms with van der Waals surface area (Å²) in [6, 6.07) is 14.6. The van der Waals surface area contributed by atoms with Crippen molar-refractivity contribution in [3.8, 4) is 5.75 Å². The van der Waals surface area contributed by atoms with Crippen LogP contribution in [0, 0.1) is 0 Å². The van der Waals surface area contributed by atoms with Crippen LogP contribution in [0.4, 0.5) is 11.4 Å². The van der Waals surface area contributed by atoms with E-state index in [2.05, 4.69) is 45.4 Å². The second kappa shape index (κ2) is 8.42. The summed E-state index contributed by atoms with van der Waals surface area (Å²) in [4.78, 5) is 5.93. The van der Waals surface area contributed by atoms with Crippen molar-refractivity contribution in [1.29, 1.82) is 0 Å². The van der Waals surface area contributed by atoms with E-state index in [0.29, 0.717) is 5.88 Å². The highest BCUT2D eigenvalue weighted by Gasteiger charge is 2.24. The topological polar surface area (TPSA) is 50.8 Å². The van der Waals surface area contributed by atoms with Gasteiger partial charge in [-0.3, -0.25) is 4.90 Å². The molecule has 0 bridgehead atoms. The Kier molecular flexibility index (Phi) is 5.76. The lowest BCUT2D eigenvalue weighted by molar-refractivity contribution is 0.254. The first-order chi connectivity index (χ1) is 13.2. The number of fused-ring (bicyclic) bond motifs is 1. The summed E-state index contributed by atoms with van der Waals surface area (Å²) < 4.78 is 17.5. The molecule has 0 radical (unpaired) electrons. The van der Waals surface area contributed by atoms with Crippen LogP contribution >= 0.6 is 0 Å². The molecule has 0 saturated carbocycles. The third-order valence-electron chi connectivity index (χ3n) is 5.42. The monoisotopic (exact) mass is 385 g/mol. The summed E-state index contributed by atoms with van der Waals surface area (Å²) in [6.07, 6.45) is 2.17. The molecule has 0 amide bonds. The summed E-state index contributed by atoms with van der Waals surface area (Å²) in [5.41, 5.74) is 3.52. The van der Waals surface area contributed by atoms with E-state index in [1.165, 1.54) is 11.3 Å². The van der Waals surface area contributed by atoms with Gasteiger partial charge in [-0.15, -0.1) is 0 Å². The number of para-hydroxylation sites is 2. The second-order valence-electron chi connectivity index (χ2n) is 7.10. The molecular formula is C21H27N3O2S.